The molecule has 2 amide bonds. The number of carbonyl (C=O) groups is 1. The Labute approximate surface area is 103 Å². The fourth-order valence-corrected chi connectivity index (χ4v) is 1.21. The molecule has 6 heteroatoms. The number of nitrogens with one attached hydrogen (secondary N) is 2. The number of para-hydroxylation sites is 1. The van der Waals surface area contributed by atoms with E-state index >= 15 is 0 Å². The number of allylic oxidation sites excluding steroid dienone is 1. The molecule has 1 aromatic rings. The van der Waals surface area contributed by atoms with Gasteiger partial charge in [0.05, 0.1) is 11.3 Å². The van der Waals surface area contributed by atoms with Crippen LogP contribution < -0.4 is 10.6 Å². The molecule has 0 spiro atoms. The molecule has 0 aliphatic carbocycles. The molecule has 0 aliphatic heterocycles. The number of urea groups is 1. The molecule has 0 saturated carbocycles. The van der Waals surface area contributed by atoms with Gasteiger partial charge in [-0.05, 0) is 26.0 Å². The second kappa shape index (κ2) is 5.57. The van der Waals surface area contributed by atoms with Crippen molar-refractivity contribution in [3.63, 3.8) is 0 Å². The summed E-state index contributed by atoms with van der Waals surface area (Å²) in [6.07, 6.45) is -3.09. The van der Waals surface area contributed by atoms with E-state index < -0.39 is 17.8 Å². The van der Waals surface area contributed by atoms with Crippen LogP contribution in [0.3, 0.4) is 0 Å². The van der Waals surface area contributed by atoms with Crippen molar-refractivity contribution >= 4 is 11.7 Å². The summed E-state index contributed by atoms with van der Waals surface area (Å²) in [6, 6.07) is 4.09. The van der Waals surface area contributed by atoms with Gasteiger partial charge in [-0.1, -0.05) is 17.7 Å². The van der Waals surface area contributed by atoms with Gasteiger partial charge in [-0.3, -0.25) is 0 Å². The molecular formula is C12H13F3N2O. The van der Waals surface area contributed by atoms with Crippen LogP contribution in [0.5, 0.6) is 0 Å². The molecular weight excluding hydrogens is 245 g/mol. The number of carbonyl (C=O) groups excluding carboxylic acids is 1. The number of rotatable bonds is 2. The molecule has 98 valence electrons. The Morgan fingerprint density at radius 3 is 2.39 bits per heavy atom. The molecule has 0 saturated heterocycles. The zero-order valence-electron chi connectivity index (χ0n) is 9.93. The topological polar surface area (TPSA) is 41.1 Å². The minimum atomic E-state index is -4.50. The van der Waals surface area contributed by atoms with Gasteiger partial charge in [0, 0.05) is 6.20 Å². The summed E-state index contributed by atoms with van der Waals surface area (Å²) in [4.78, 5) is 11.4. The minimum Gasteiger partial charge on any atom is -0.314 e. The third-order valence-corrected chi connectivity index (χ3v) is 1.97. The lowest BCUT2D eigenvalue weighted by Gasteiger charge is -2.13. The van der Waals surface area contributed by atoms with Crippen molar-refractivity contribution in [3.8, 4) is 0 Å². The second-order valence-corrected chi connectivity index (χ2v) is 3.86. The summed E-state index contributed by atoms with van der Waals surface area (Å²) in [6.45, 7) is 3.51. The third kappa shape index (κ3) is 4.12. The molecule has 0 heterocycles. The maximum atomic E-state index is 12.6. The number of halogens is 3. The number of alkyl halides is 3. The van der Waals surface area contributed by atoms with Gasteiger partial charge < -0.3 is 10.6 Å². The van der Waals surface area contributed by atoms with E-state index in [9.17, 15) is 18.0 Å². The predicted octanol–water partition coefficient (Wildman–Crippen LogP) is 3.75. The van der Waals surface area contributed by atoms with Gasteiger partial charge >= 0.3 is 12.2 Å². The highest BCUT2D eigenvalue weighted by atomic mass is 19.4. The second-order valence-electron chi connectivity index (χ2n) is 3.86. The van der Waals surface area contributed by atoms with E-state index in [0.717, 1.165) is 11.6 Å². The van der Waals surface area contributed by atoms with Crippen LogP contribution in [0.4, 0.5) is 23.7 Å². The van der Waals surface area contributed by atoms with E-state index in [1.54, 1.807) is 13.8 Å². The maximum absolute atomic E-state index is 12.6. The number of anilines is 1. The number of hydrogen-bond donors (Lipinski definition) is 2. The minimum absolute atomic E-state index is 0.273. The fraction of sp³-hybridized carbons (Fsp3) is 0.250. The summed E-state index contributed by atoms with van der Waals surface area (Å²) in [5.41, 5.74) is -0.323. The molecule has 0 aliphatic rings. The molecule has 0 unspecified atom stereocenters. The molecule has 0 aromatic heterocycles. The number of amides is 2. The quantitative estimate of drug-likeness (QED) is 0.833. The van der Waals surface area contributed by atoms with Gasteiger partial charge in [0.15, 0.2) is 0 Å². The van der Waals surface area contributed by atoms with Crippen LogP contribution in [0.1, 0.15) is 19.4 Å². The summed E-state index contributed by atoms with van der Waals surface area (Å²) in [5.74, 6) is 0. The highest BCUT2D eigenvalue weighted by Gasteiger charge is 2.33. The first-order valence-corrected chi connectivity index (χ1v) is 5.18. The van der Waals surface area contributed by atoms with Gasteiger partial charge in [-0.15, -0.1) is 0 Å². The van der Waals surface area contributed by atoms with Crippen molar-refractivity contribution in [2.24, 2.45) is 0 Å². The lowest BCUT2D eigenvalue weighted by Crippen LogP contribution is -2.25. The molecule has 18 heavy (non-hydrogen) atoms. The van der Waals surface area contributed by atoms with Gasteiger partial charge in [-0.2, -0.15) is 13.2 Å². The zero-order valence-corrected chi connectivity index (χ0v) is 9.93. The molecule has 0 fully saturated rings. The third-order valence-electron chi connectivity index (χ3n) is 1.97. The molecule has 0 atom stereocenters. The van der Waals surface area contributed by atoms with Crippen LogP contribution in [0.15, 0.2) is 36.0 Å². The first-order valence-electron chi connectivity index (χ1n) is 5.18. The molecule has 0 bridgehead atoms. The predicted molar refractivity (Wildman–Crippen MR) is 63.0 cm³/mol. The van der Waals surface area contributed by atoms with Gasteiger partial charge in [-0.25, -0.2) is 4.79 Å². The average molecular weight is 258 g/mol. The number of benzene rings is 1. The zero-order chi connectivity index (χ0) is 13.8. The largest absolute Gasteiger partial charge is 0.418 e. The molecule has 1 aromatic carbocycles. The SMILES string of the molecule is CC(C)=CNC(=O)Nc1ccccc1C(F)(F)F. The summed E-state index contributed by atoms with van der Waals surface area (Å²) in [5, 5.41) is 4.49. The highest BCUT2D eigenvalue weighted by molar-refractivity contribution is 5.90. The monoisotopic (exact) mass is 258 g/mol. The Bertz CT molecular complexity index is 463. The molecule has 0 radical (unpaired) electrons. The standard InChI is InChI=1S/C12H13F3N2O/c1-8(2)7-16-11(18)17-10-6-4-3-5-9(10)12(13,14)15/h3-7H,1-2H3,(H2,16,17,18). The van der Waals surface area contributed by atoms with Crippen molar-refractivity contribution in [2.45, 2.75) is 20.0 Å². The molecule has 1 rings (SSSR count). The lowest BCUT2D eigenvalue weighted by atomic mass is 10.1. The van der Waals surface area contributed by atoms with E-state index in [0.29, 0.717) is 0 Å². The van der Waals surface area contributed by atoms with E-state index in [-0.39, 0.29) is 5.69 Å². The Morgan fingerprint density at radius 1 is 1.22 bits per heavy atom. The smallest absolute Gasteiger partial charge is 0.314 e. The van der Waals surface area contributed by atoms with Crippen molar-refractivity contribution < 1.29 is 18.0 Å². The first kappa shape index (κ1) is 14.1. The summed E-state index contributed by atoms with van der Waals surface area (Å²) in [7, 11) is 0. The summed E-state index contributed by atoms with van der Waals surface area (Å²) < 4.78 is 37.9. The van der Waals surface area contributed by atoms with Gasteiger partial charge in [0.1, 0.15) is 0 Å². The van der Waals surface area contributed by atoms with E-state index in [1.807, 2.05) is 0 Å². The molecule has 2 N–H and O–H groups in total. The summed E-state index contributed by atoms with van der Waals surface area (Å²) >= 11 is 0. The first-order chi connectivity index (χ1) is 8.30. The Kier molecular flexibility index (Phi) is 4.36. The van der Waals surface area contributed by atoms with Crippen LogP contribution in [-0.4, -0.2) is 6.03 Å². The number of hydrogen-bond acceptors (Lipinski definition) is 1. The normalized spacial score (nSPS) is 10.7. The van der Waals surface area contributed by atoms with Crippen LogP contribution in [0.2, 0.25) is 0 Å². The van der Waals surface area contributed by atoms with Crippen molar-refractivity contribution in [1.29, 1.82) is 0 Å². The fourth-order valence-electron chi connectivity index (χ4n) is 1.21. The lowest BCUT2D eigenvalue weighted by molar-refractivity contribution is -0.136. The van der Waals surface area contributed by atoms with Crippen LogP contribution in [0.25, 0.3) is 0 Å². The van der Waals surface area contributed by atoms with E-state index in [1.165, 1.54) is 24.4 Å². The highest BCUT2D eigenvalue weighted by Crippen LogP contribution is 2.34. The van der Waals surface area contributed by atoms with Crippen LogP contribution >= 0.6 is 0 Å². The molecule has 3 nitrogen and oxygen atoms in total. The van der Waals surface area contributed by atoms with Crippen molar-refractivity contribution in [2.75, 3.05) is 5.32 Å². The maximum Gasteiger partial charge on any atom is 0.418 e. The van der Waals surface area contributed by atoms with Crippen molar-refractivity contribution in [1.82, 2.24) is 5.32 Å². The van der Waals surface area contributed by atoms with E-state index in [4.69, 9.17) is 0 Å². The van der Waals surface area contributed by atoms with Crippen LogP contribution in [0, 0.1) is 0 Å². The Morgan fingerprint density at radius 2 is 1.83 bits per heavy atom. The van der Waals surface area contributed by atoms with Gasteiger partial charge in [0.25, 0.3) is 0 Å². The van der Waals surface area contributed by atoms with E-state index in [2.05, 4.69) is 10.6 Å². The van der Waals surface area contributed by atoms with Crippen molar-refractivity contribution in [3.05, 3.63) is 41.6 Å². The van der Waals surface area contributed by atoms with Gasteiger partial charge in [0.2, 0.25) is 0 Å². The Balaban J connectivity index is 2.85. The Hall–Kier alpha value is -1.98. The van der Waals surface area contributed by atoms with Crippen LogP contribution in [-0.2, 0) is 6.18 Å². The average Bonchev–Trinajstić information content (AvgIpc) is 2.25.